The van der Waals surface area contributed by atoms with Gasteiger partial charge in [-0.2, -0.15) is 0 Å². The number of benzene rings is 2. The van der Waals surface area contributed by atoms with Crippen LogP contribution in [0.3, 0.4) is 0 Å². The zero-order valence-corrected chi connectivity index (χ0v) is 21.9. The van der Waals surface area contributed by atoms with Crippen LogP contribution < -0.4 is 10.6 Å². The van der Waals surface area contributed by atoms with Crippen LogP contribution in [0.25, 0.3) is 0 Å². The quantitative estimate of drug-likeness (QED) is 0.266. The summed E-state index contributed by atoms with van der Waals surface area (Å²) >= 11 is 0. The number of aliphatic imine (C=N–C) groups is 1. The fourth-order valence-corrected chi connectivity index (χ4v) is 10.6. The SMILES string of the molecule is C[Si](C)(COC(=O)NCc1cccc(CN=C=O)c1)O[Si](C)(C)COC(=O)Nc1ccccc1. The maximum Gasteiger partial charge on any atom is 0.411 e. The van der Waals surface area contributed by atoms with Gasteiger partial charge in [0.15, 0.2) is 0 Å². The van der Waals surface area contributed by atoms with Crippen LogP contribution in [0.1, 0.15) is 11.1 Å². The number of nitrogens with one attached hydrogen (secondary N) is 2. The van der Waals surface area contributed by atoms with E-state index in [9.17, 15) is 14.4 Å². The predicted octanol–water partition coefficient (Wildman–Crippen LogP) is 4.50. The highest BCUT2D eigenvalue weighted by Gasteiger charge is 2.35. The van der Waals surface area contributed by atoms with E-state index in [0.717, 1.165) is 11.1 Å². The van der Waals surface area contributed by atoms with Crippen LogP contribution in [-0.2, 0) is 31.5 Å². The van der Waals surface area contributed by atoms with Gasteiger partial charge in [0.2, 0.25) is 22.7 Å². The first-order chi connectivity index (χ1) is 16.1. The molecule has 0 unspecified atom stereocenters. The standard InChI is InChI=1S/C23H31N3O6Si2/c1-33(2,32-34(3,4)18-31-23(29)26-21-11-6-5-7-12-21)17-30-22(28)25-15-20-10-8-9-19(13-20)14-24-16-27/h5-13H,14-15,17-18H2,1-4H3,(H,25,28)(H,26,29). The number of amides is 2. The summed E-state index contributed by atoms with van der Waals surface area (Å²) in [5.74, 6) is 0. The second kappa shape index (κ2) is 12.8. The third-order valence-corrected chi connectivity index (χ3v) is 10.5. The van der Waals surface area contributed by atoms with Gasteiger partial charge in [0.25, 0.3) is 0 Å². The molecular formula is C23H31N3O6Si2. The number of carbonyl (C=O) groups is 2. The second-order valence-corrected chi connectivity index (χ2v) is 17.3. The fourth-order valence-electron chi connectivity index (χ4n) is 3.15. The lowest BCUT2D eigenvalue weighted by Gasteiger charge is -2.32. The molecule has 9 nitrogen and oxygen atoms in total. The van der Waals surface area contributed by atoms with E-state index in [0.29, 0.717) is 5.69 Å². The van der Waals surface area contributed by atoms with Crippen molar-refractivity contribution in [3.8, 4) is 0 Å². The third kappa shape index (κ3) is 10.6. The summed E-state index contributed by atoms with van der Waals surface area (Å²) in [6, 6.07) is 16.4. The topological polar surface area (TPSA) is 115 Å². The molecule has 0 spiro atoms. The Labute approximate surface area is 201 Å². The zero-order valence-electron chi connectivity index (χ0n) is 19.9. The number of anilines is 1. The normalized spacial score (nSPS) is 11.2. The van der Waals surface area contributed by atoms with Gasteiger partial charge in [-0.25, -0.2) is 19.4 Å². The first-order valence-electron chi connectivity index (χ1n) is 10.8. The Balaban J connectivity index is 1.75. The van der Waals surface area contributed by atoms with Crippen LogP contribution in [-0.4, -0.2) is 47.4 Å². The largest absolute Gasteiger partial charge is 0.451 e. The van der Waals surface area contributed by atoms with Crippen LogP contribution in [0.4, 0.5) is 15.3 Å². The lowest BCUT2D eigenvalue weighted by atomic mass is 10.1. The van der Waals surface area contributed by atoms with Crippen LogP contribution in [0.5, 0.6) is 0 Å². The molecule has 182 valence electrons. The number of isocyanates is 1. The molecular weight excluding hydrogens is 470 g/mol. The van der Waals surface area contributed by atoms with Crippen molar-refractivity contribution < 1.29 is 28.0 Å². The van der Waals surface area contributed by atoms with Gasteiger partial charge in [-0.05, 0) is 49.4 Å². The molecule has 2 rings (SSSR count). The van der Waals surface area contributed by atoms with E-state index < -0.39 is 28.8 Å². The minimum absolute atomic E-state index is 0.166. The van der Waals surface area contributed by atoms with Gasteiger partial charge in [0.1, 0.15) is 12.5 Å². The van der Waals surface area contributed by atoms with Crippen molar-refractivity contribution in [1.82, 2.24) is 5.32 Å². The summed E-state index contributed by atoms with van der Waals surface area (Å²) in [7, 11) is -4.71. The molecule has 2 N–H and O–H groups in total. The van der Waals surface area contributed by atoms with E-state index in [4.69, 9.17) is 13.6 Å². The van der Waals surface area contributed by atoms with Crippen molar-refractivity contribution in [2.45, 2.75) is 39.3 Å². The van der Waals surface area contributed by atoms with Crippen LogP contribution in [0, 0.1) is 0 Å². The molecule has 2 aromatic rings. The van der Waals surface area contributed by atoms with Crippen molar-refractivity contribution >= 4 is 40.6 Å². The molecule has 2 aromatic carbocycles. The molecule has 0 saturated carbocycles. The number of rotatable bonds is 11. The maximum atomic E-state index is 12.2. The van der Waals surface area contributed by atoms with E-state index in [-0.39, 0.29) is 25.5 Å². The van der Waals surface area contributed by atoms with E-state index in [1.807, 2.05) is 68.7 Å². The fraction of sp³-hybridized carbons (Fsp3) is 0.348. The van der Waals surface area contributed by atoms with Gasteiger partial charge >= 0.3 is 12.2 Å². The first kappa shape index (κ1) is 27.0. The first-order valence-corrected chi connectivity index (χ1v) is 17.0. The number of alkyl carbamates (subject to hydrolysis) is 1. The van der Waals surface area contributed by atoms with Gasteiger partial charge in [-0.1, -0.05) is 42.5 Å². The number of carbonyl (C=O) groups excluding carboxylic acids is 3. The number of hydrogen-bond acceptors (Lipinski definition) is 7. The van der Waals surface area contributed by atoms with Crippen molar-refractivity contribution in [2.75, 3.05) is 17.8 Å². The Bertz CT molecular complexity index is 1010. The van der Waals surface area contributed by atoms with Gasteiger partial charge in [0.05, 0.1) is 6.54 Å². The maximum absolute atomic E-state index is 12.2. The summed E-state index contributed by atoms with van der Waals surface area (Å²) in [6.07, 6.45) is 0.776. The van der Waals surface area contributed by atoms with E-state index in [1.54, 1.807) is 12.1 Å². The minimum atomic E-state index is -2.36. The smallest absolute Gasteiger partial charge is 0.411 e. The number of ether oxygens (including phenoxy) is 2. The summed E-state index contributed by atoms with van der Waals surface area (Å²) in [4.78, 5) is 38.0. The van der Waals surface area contributed by atoms with Crippen molar-refractivity contribution in [2.24, 2.45) is 4.99 Å². The Hall–Kier alpha value is -3.25. The molecule has 0 aliphatic carbocycles. The molecule has 0 aliphatic rings. The highest BCUT2D eigenvalue weighted by atomic mass is 28.4. The molecule has 0 saturated heterocycles. The lowest BCUT2D eigenvalue weighted by Crippen LogP contribution is -2.51. The highest BCUT2D eigenvalue weighted by molar-refractivity contribution is 6.84. The number of nitrogens with zero attached hydrogens (tertiary/aromatic N) is 1. The second-order valence-electron chi connectivity index (χ2n) is 8.85. The lowest BCUT2D eigenvalue weighted by molar-refractivity contribution is 0.157. The molecule has 0 fully saturated rings. The van der Waals surface area contributed by atoms with E-state index in [1.165, 1.54) is 6.08 Å². The zero-order chi connectivity index (χ0) is 25.0. The summed E-state index contributed by atoms with van der Waals surface area (Å²) in [6.45, 7) is 8.35. The van der Waals surface area contributed by atoms with Crippen LogP contribution >= 0.6 is 0 Å². The minimum Gasteiger partial charge on any atom is -0.451 e. The van der Waals surface area contributed by atoms with Crippen molar-refractivity contribution in [3.63, 3.8) is 0 Å². The molecule has 0 radical (unpaired) electrons. The summed E-state index contributed by atoms with van der Waals surface area (Å²) < 4.78 is 17.1. The van der Waals surface area contributed by atoms with Crippen LogP contribution in [0.15, 0.2) is 59.6 Å². The monoisotopic (exact) mass is 501 g/mol. The van der Waals surface area contributed by atoms with Gasteiger partial charge in [-0.3, -0.25) is 5.32 Å². The molecule has 34 heavy (non-hydrogen) atoms. The van der Waals surface area contributed by atoms with Crippen LogP contribution in [0.2, 0.25) is 26.2 Å². The molecule has 0 aliphatic heterocycles. The average Bonchev–Trinajstić information content (AvgIpc) is 2.79. The van der Waals surface area contributed by atoms with Crippen molar-refractivity contribution in [1.29, 1.82) is 0 Å². The molecule has 0 aromatic heterocycles. The molecule has 2 amide bonds. The number of hydrogen-bond donors (Lipinski definition) is 2. The Morgan fingerprint density at radius 3 is 2.15 bits per heavy atom. The summed E-state index contributed by atoms with van der Waals surface area (Å²) in [5.41, 5.74) is 2.37. The highest BCUT2D eigenvalue weighted by Crippen LogP contribution is 2.16. The number of para-hydroxylation sites is 1. The van der Waals surface area contributed by atoms with Gasteiger partial charge in [0, 0.05) is 12.2 Å². The van der Waals surface area contributed by atoms with E-state index >= 15 is 0 Å². The molecule has 0 bridgehead atoms. The van der Waals surface area contributed by atoms with Gasteiger partial charge < -0.3 is 18.9 Å². The molecule has 0 heterocycles. The third-order valence-electron chi connectivity index (χ3n) is 4.43. The Kier molecular flexibility index (Phi) is 10.2. The summed E-state index contributed by atoms with van der Waals surface area (Å²) in [5, 5.41) is 5.39. The predicted molar refractivity (Wildman–Crippen MR) is 134 cm³/mol. The molecule has 0 atom stereocenters. The van der Waals surface area contributed by atoms with Crippen molar-refractivity contribution in [3.05, 3.63) is 65.7 Å². The Morgan fingerprint density at radius 1 is 0.882 bits per heavy atom. The van der Waals surface area contributed by atoms with E-state index in [2.05, 4.69) is 15.6 Å². The molecule has 11 heteroatoms. The Morgan fingerprint density at radius 2 is 1.50 bits per heavy atom. The average molecular weight is 502 g/mol. The van der Waals surface area contributed by atoms with Gasteiger partial charge in [-0.15, -0.1) is 0 Å².